The highest BCUT2D eigenvalue weighted by atomic mass is 35.5. The third-order valence-corrected chi connectivity index (χ3v) is 3.82. The summed E-state index contributed by atoms with van der Waals surface area (Å²) in [6.07, 6.45) is 3.40. The molecule has 0 bridgehead atoms. The van der Waals surface area contributed by atoms with E-state index in [1.165, 1.54) is 5.56 Å². The highest BCUT2D eigenvalue weighted by Crippen LogP contribution is 2.17. The van der Waals surface area contributed by atoms with E-state index < -0.39 is 0 Å². The summed E-state index contributed by atoms with van der Waals surface area (Å²) in [5.41, 5.74) is 4.38. The molecule has 0 saturated heterocycles. The van der Waals surface area contributed by atoms with Crippen LogP contribution >= 0.6 is 11.6 Å². The van der Waals surface area contributed by atoms with Crippen LogP contribution in [0.2, 0.25) is 5.02 Å². The molecule has 21 heavy (non-hydrogen) atoms. The summed E-state index contributed by atoms with van der Waals surface area (Å²) in [7, 11) is 0. The lowest BCUT2D eigenvalue weighted by Crippen LogP contribution is -2.03. The van der Waals surface area contributed by atoms with Crippen LogP contribution in [-0.2, 0) is 12.8 Å². The molecule has 0 aliphatic rings. The average Bonchev–Trinajstić information content (AvgIpc) is 3.05. The number of nitrogens with one attached hydrogen (secondary N) is 1. The van der Waals surface area contributed by atoms with Gasteiger partial charge in [-0.05, 0) is 44.0 Å². The van der Waals surface area contributed by atoms with Crippen LogP contribution in [0.5, 0.6) is 0 Å². The Kier molecular flexibility index (Phi) is 3.75. The summed E-state index contributed by atoms with van der Waals surface area (Å²) in [5.74, 6) is 0.914. The highest BCUT2D eigenvalue weighted by Gasteiger charge is 2.11. The lowest BCUT2D eigenvalue weighted by Gasteiger charge is -2.07. The molecule has 0 aliphatic carbocycles. The van der Waals surface area contributed by atoms with Gasteiger partial charge in [-0.25, -0.2) is 0 Å². The first-order valence-corrected chi connectivity index (χ1v) is 7.18. The van der Waals surface area contributed by atoms with E-state index in [0.29, 0.717) is 5.02 Å². The third-order valence-electron chi connectivity index (χ3n) is 3.58. The van der Waals surface area contributed by atoms with E-state index in [4.69, 9.17) is 11.6 Å². The van der Waals surface area contributed by atoms with Crippen molar-refractivity contribution in [2.45, 2.75) is 26.7 Å². The molecule has 1 aromatic carbocycles. The fourth-order valence-corrected chi connectivity index (χ4v) is 2.63. The smallest absolute Gasteiger partial charge is 0.137 e. The van der Waals surface area contributed by atoms with Crippen molar-refractivity contribution in [2.75, 3.05) is 0 Å². The van der Waals surface area contributed by atoms with E-state index in [1.54, 1.807) is 6.33 Å². The molecule has 108 valence electrons. The van der Waals surface area contributed by atoms with Gasteiger partial charge in [0.1, 0.15) is 12.2 Å². The van der Waals surface area contributed by atoms with Crippen LogP contribution in [-0.4, -0.2) is 25.0 Å². The zero-order valence-electron chi connectivity index (χ0n) is 12.0. The topological polar surface area (TPSA) is 59.4 Å². The number of aromatic amines is 1. The van der Waals surface area contributed by atoms with Crippen LogP contribution in [0.25, 0.3) is 5.69 Å². The Labute approximate surface area is 128 Å². The number of H-pyrrole nitrogens is 1. The normalized spacial score (nSPS) is 11.0. The van der Waals surface area contributed by atoms with E-state index >= 15 is 0 Å². The Morgan fingerprint density at radius 3 is 2.81 bits per heavy atom. The number of hydrogen-bond donors (Lipinski definition) is 1. The monoisotopic (exact) mass is 301 g/mol. The van der Waals surface area contributed by atoms with Crippen molar-refractivity contribution in [2.24, 2.45) is 0 Å². The molecule has 0 fully saturated rings. The number of benzene rings is 1. The second kappa shape index (κ2) is 5.69. The van der Waals surface area contributed by atoms with Gasteiger partial charge in [-0.3, -0.25) is 9.67 Å². The molecule has 3 aromatic rings. The van der Waals surface area contributed by atoms with Gasteiger partial charge in [-0.2, -0.15) is 5.10 Å². The molecule has 5 nitrogen and oxygen atoms in total. The zero-order chi connectivity index (χ0) is 14.8. The number of aryl methyl sites for hydroxylation is 3. The molecular formula is C15H16ClN5. The van der Waals surface area contributed by atoms with Gasteiger partial charge in [-0.1, -0.05) is 17.7 Å². The first-order valence-electron chi connectivity index (χ1n) is 6.80. The summed E-state index contributed by atoms with van der Waals surface area (Å²) >= 11 is 6.05. The van der Waals surface area contributed by atoms with E-state index in [0.717, 1.165) is 35.7 Å². The SMILES string of the molecule is Cc1n[nH]c(C)c1CCc1nncn1-c1cccc(Cl)c1. The first kappa shape index (κ1) is 13.8. The summed E-state index contributed by atoms with van der Waals surface area (Å²) in [6.45, 7) is 4.05. The number of nitrogens with zero attached hydrogens (tertiary/aromatic N) is 4. The minimum atomic E-state index is 0.702. The lowest BCUT2D eigenvalue weighted by molar-refractivity contribution is 0.815. The van der Waals surface area contributed by atoms with Gasteiger partial charge in [0.25, 0.3) is 0 Å². The number of rotatable bonds is 4. The van der Waals surface area contributed by atoms with Crippen LogP contribution in [0.15, 0.2) is 30.6 Å². The van der Waals surface area contributed by atoms with Gasteiger partial charge >= 0.3 is 0 Å². The van der Waals surface area contributed by atoms with Crippen LogP contribution in [0.3, 0.4) is 0 Å². The maximum atomic E-state index is 6.05. The predicted molar refractivity (Wildman–Crippen MR) is 81.8 cm³/mol. The lowest BCUT2D eigenvalue weighted by atomic mass is 10.1. The molecule has 2 aromatic heterocycles. The maximum absolute atomic E-state index is 6.05. The fraction of sp³-hybridized carbons (Fsp3) is 0.267. The molecule has 0 saturated carbocycles. The molecule has 0 spiro atoms. The molecule has 0 amide bonds. The molecular weight excluding hydrogens is 286 g/mol. The van der Waals surface area contributed by atoms with Gasteiger partial charge in [0.15, 0.2) is 0 Å². The zero-order valence-corrected chi connectivity index (χ0v) is 12.7. The minimum absolute atomic E-state index is 0.702. The molecule has 2 heterocycles. The van der Waals surface area contributed by atoms with E-state index in [2.05, 4.69) is 20.4 Å². The van der Waals surface area contributed by atoms with Gasteiger partial charge in [-0.15, -0.1) is 10.2 Å². The fourth-order valence-electron chi connectivity index (χ4n) is 2.45. The molecule has 1 N–H and O–H groups in total. The number of hydrogen-bond acceptors (Lipinski definition) is 3. The summed E-state index contributed by atoms with van der Waals surface area (Å²) in [6, 6.07) is 7.68. The molecule has 0 unspecified atom stereocenters. The highest BCUT2D eigenvalue weighted by molar-refractivity contribution is 6.30. The van der Waals surface area contributed by atoms with Gasteiger partial charge in [0, 0.05) is 22.8 Å². The van der Waals surface area contributed by atoms with Crippen molar-refractivity contribution >= 4 is 11.6 Å². The third kappa shape index (κ3) is 2.83. The Balaban J connectivity index is 1.83. The molecule has 6 heteroatoms. The van der Waals surface area contributed by atoms with E-state index in [-0.39, 0.29) is 0 Å². The van der Waals surface area contributed by atoms with Gasteiger partial charge in [0.05, 0.1) is 5.69 Å². The largest absolute Gasteiger partial charge is 0.286 e. The van der Waals surface area contributed by atoms with Crippen molar-refractivity contribution in [3.63, 3.8) is 0 Å². The van der Waals surface area contributed by atoms with E-state index in [1.807, 2.05) is 42.7 Å². The molecule has 0 radical (unpaired) electrons. The Morgan fingerprint density at radius 1 is 1.24 bits per heavy atom. The van der Waals surface area contributed by atoms with Crippen molar-refractivity contribution in [3.05, 3.63) is 58.4 Å². The predicted octanol–water partition coefficient (Wildman–Crippen LogP) is 3.05. The molecule has 3 rings (SSSR count). The Hall–Kier alpha value is -2.14. The molecule has 0 atom stereocenters. The van der Waals surface area contributed by atoms with Crippen LogP contribution in [0.1, 0.15) is 22.8 Å². The van der Waals surface area contributed by atoms with Crippen molar-refractivity contribution in [1.82, 2.24) is 25.0 Å². The standard InChI is InChI=1S/C15H16ClN5/c1-10-14(11(2)19-18-10)6-7-15-20-17-9-21(15)13-5-3-4-12(16)8-13/h3-5,8-9H,6-7H2,1-2H3,(H,18,19). The van der Waals surface area contributed by atoms with Crippen molar-refractivity contribution in [1.29, 1.82) is 0 Å². The second-order valence-electron chi connectivity index (χ2n) is 5.01. The average molecular weight is 302 g/mol. The van der Waals surface area contributed by atoms with Crippen LogP contribution in [0, 0.1) is 13.8 Å². The van der Waals surface area contributed by atoms with Crippen LogP contribution < -0.4 is 0 Å². The molecule has 0 aliphatic heterocycles. The maximum Gasteiger partial charge on any atom is 0.137 e. The Morgan fingerprint density at radius 2 is 2.10 bits per heavy atom. The summed E-state index contributed by atoms with van der Waals surface area (Å²) in [4.78, 5) is 0. The van der Waals surface area contributed by atoms with Gasteiger partial charge in [0.2, 0.25) is 0 Å². The summed E-state index contributed by atoms with van der Waals surface area (Å²) < 4.78 is 1.97. The van der Waals surface area contributed by atoms with Crippen molar-refractivity contribution in [3.8, 4) is 5.69 Å². The minimum Gasteiger partial charge on any atom is -0.286 e. The first-order chi connectivity index (χ1) is 10.1. The summed E-state index contributed by atoms with van der Waals surface area (Å²) in [5, 5.41) is 16.2. The quantitative estimate of drug-likeness (QED) is 0.806. The number of aromatic nitrogens is 5. The van der Waals surface area contributed by atoms with E-state index in [9.17, 15) is 0 Å². The van der Waals surface area contributed by atoms with Gasteiger partial charge < -0.3 is 0 Å². The second-order valence-corrected chi connectivity index (χ2v) is 5.45. The van der Waals surface area contributed by atoms with Crippen LogP contribution in [0.4, 0.5) is 0 Å². The Bertz CT molecular complexity index is 740. The number of halogens is 1. The van der Waals surface area contributed by atoms with Crippen molar-refractivity contribution < 1.29 is 0 Å².